The van der Waals surface area contributed by atoms with Gasteiger partial charge in [-0.2, -0.15) is 15.8 Å². The van der Waals surface area contributed by atoms with Crippen molar-refractivity contribution in [3.8, 4) is 18.2 Å². The number of amides is 1. The minimum atomic E-state index is -0.519. The molecule has 1 aromatic rings. The van der Waals surface area contributed by atoms with Gasteiger partial charge in [0.2, 0.25) is 0 Å². The van der Waals surface area contributed by atoms with Crippen molar-refractivity contribution in [1.29, 1.82) is 15.8 Å². The standard InChI is InChI=1S/C21H23N5O2/c1-21(2,3)28-20(27)26-10-4-5-16(14-26)15-6-8-18(9-7-15)25-19(13-24)17(11-22)12-23/h6-9,16,25H,4-5,10,14H2,1-3H3. The van der Waals surface area contributed by atoms with Crippen LogP contribution in [0.4, 0.5) is 10.5 Å². The fourth-order valence-corrected chi connectivity index (χ4v) is 3.01. The van der Waals surface area contributed by atoms with Crippen LogP contribution in [0.1, 0.15) is 45.1 Å². The Kier molecular flexibility index (Phi) is 6.64. The van der Waals surface area contributed by atoms with E-state index in [1.807, 2.05) is 39.0 Å². The van der Waals surface area contributed by atoms with Crippen molar-refractivity contribution in [2.45, 2.75) is 45.1 Å². The lowest BCUT2D eigenvalue weighted by Crippen LogP contribution is -2.42. The first kappa shape index (κ1) is 20.8. The van der Waals surface area contributed by atoms with Crippen molar-refractivity contribution in [3.63, 3.8) is 0 Å². The van der Waals surface area contributed by atoms with E-state index in [9.17, 15) is 4.79 Å². The van der Waals surface area contributed by atoms with Gasteiger partial charge in [-0.1, -0.05) is 12.1 Å². The minimum absolute atomic E-state index is 0.0773. The molecule has 28 heavy (non-hydrogen) atoms. The largest absolute Gasteiger partial charge is 0.444 e. The Morgan fingerprint density at radius 3 is 2.32 bits per heavy atom. The summed E-state index contributed by atoms with van der Waals surface area (Å²) in [5.41, 5.74) is 0.846. The van der Waals surface area contributed by atoms with Crippen molar-refractivity contribution >= 4 is 11.8 Å². The summed E-state index contributed by atoms with van der Waals surface area (Å²) in [5.74, 6) is 0.204. The molecule has 1 amide bonds. The molecule has 0 aliphatic carbocycles. The Labute approximate surface area is 165 Å². The fourth-order valence-electron chi connectivity index (χ4n) is 3.01. The van der Waals surface area contributed by atoms with Crippen LogP contribution in [-0.2, 0) is 4.74 Å². The molecule has 7 nitrogen and oxygen atoms in total. The second kappa shape index (κ2) is 8.93. The predicted molar refractivity (Wildman–Crippen MR) is 104 cm³/mol. The van der Waals surface area contributed by atoms with Gasteiger partial charge in [0.05, 0.1) is 0 Å². The number of hydrogen-bond donors (Lipinski definition) is 1. The SMILES string of the molecule is CC(C)(C)OC(=O)N1CCCC(c2ccc(NC(C#N)=C(C#N)C#N)cc2)C1. The van der Waals surface area contributed by atoms with Crippen LogP contribution in [0, 0.1) is 34.0 Å². The maximum absolute atomic E-state index is 12.3. The van der Waals surface area contributed by atoms with Crippen LogP contribution in [0.2, 0.25) is 0 Å². The molecule has 1 atom stereocenters. The number of rotatable bonds is 3. The molecule has 144 valence electrons. The van der Waals surface area contributed by atoms with Crippen molar-refractivity contribution in [2.75, 3.05) is 18.4 Å². The number of nitrogens with one attached hydrogen (secondary N) is 1. The third-order valence-corrected chi connectivity index (χ3v) is 4.31. The predicted octanol–water partition coefficient (Wildman–Crippen LogP) is 4.04. The average Bonchev–Trinajstić information content (AvgIpc) is 2.67. The van der Waals surface area contributed by atoms with Crippen LogP contribution in [0.5, 0.6) is 0 Å². The first-order chi connectivity index (χ1) is 13.3. The number of anilines is 1. The second-order valence-electron chi connectivity index (χ2n) is 7.60. The maximum Gasteiger partial charge on any atom is 0.410 e. The molecular formula is C21H23N5O2. The second-order valence-corrected chi connectivity index (χ2v) is 7.60. The Balaban J connectivity index is 2.08. The van der Waals surface area contributed by atoms with Crippen molar-refractivity contribution in [2.24, 2.45) is 0 Å². The Hall–Kier alpha value is -3.50. The summed E-state index contributed by atoms with van der Waals surface area (Å²) in [6.45, 7) is 6.84. The number of allylic oxidation sites excluding steroid dienone is 2. The van der Waals surface area contributed by atoms with Crippen LogP contribution < -0.4 is 5.32 Å². The highest BCUT2D eigenvalue weighted by Crippen LogP contribution is 2.29. The van der Waals surface area contributed by atoms with Gasteiger partial charge >= 0.3 is 6.09 Å². The summed E-state index contributed by atoms with van der Waals surface area (Å²) in [4.78, 5) is 14.1. The lowest BCUT2D eigenvalue weighted by atomic mass is 9.90. The molecule has 1 aromatic carbocycles. The number of piperidine rings is 1. The summed E-state index contributed by atoms with van der Waals surface area (Å²) in [6, 6.07) is 12.7. The molecule has 1 aliphatic rings. The highest BCUT2D eigenvalue weighted by molar-refractivity contribution is 5.68. The van der Waals surface area contributed by atoms with E-state index >= 15 is 0 Å². The van der Waals surface area contributed by atoms with Gasteiger partial charge in [0.25, 0.3) is 0 Å². The van der Waals surface area contributed by atoms with Gasteiger partial charge in [-0.05, 0) is 51.3 Å². The van der Waals surface area contributed by atoms with E-state index in [0.29, 0.717) is 18.8 Å². The fraction of sp³-hybridized carbons (Fsp3) is 0.429. The quantitative estimate of drug-likeness (QED) is 0.795. The molecule has 1 heterocycles. The molecule has 1 fully saturated rings. The molecule has 1 aliphatic heterocycles. The van der Waals surface area contributed by atoms with Gasteiger partial charge in [-0.25, -0.2) is 4.79 Å². The van der Waals surface area contributed by atoms with Crippen LogP contribution in [0.15, 0.2) is 35.5 Å². The molecular weight excluding hydrogens is 354 g/mol. The van der Waals surface area contributed by atoms with E-state index < -0.39 is 5.60 Å². The molecule has 0 saturated carbocycles. The number of benzene rings is 1. The third kappa shape index (κ3) is 5.50. The van der Waals surface area contributed by atoms with Crippen LogP contribution >= 0.6 is 0 Å². The summed E-state index contributed by atoms with van der Waals surface area (Å²) < 4.78 is 5.47. The molecule has 1 unspecified atom stereocenters. The molecule has 1 N–H and O–H groups in total. The molecule has 0 radical (unpaired) electrons. The topological polar surface area (TPSA) is 113 Å². The Bertz CT molecular complexity index is 860. The van der Waals surface area contributed by atoms with Gasteiger partial charge < -0.3 is 15.0 Å². The first-order valence-corrected chi connectivity index (χ1v) is 9.07. The number of hydrogen-bond acceptors (Lipinski definition) is 6. The molecule has 0 bridgehead atoms. The first-order valence-electron chi connectivity index (χ1n) is 9.07. The van der Waals surface area contributed by atoms with E-state index in [4.69, 9.17) is 20.5 Å². The molecule has 2 rings (SSSR count). The highest BCUT2D eigenvalue weighted by Gasteiger charge is 2.28. The van der Waals surface area contributed by atoms with Gasteiger partial charge in [-0.3, -0.25) is 0 Å². The van der Waals surface area contributed by atoms with Gasteiger partial charge in [-0.15, -0.1) is 0 Å². The van der Waals surface area contributed by atoms with Gasteiger partial charge in [0, 0.05) is 24.7 Å². The van der Waals surface area contributed by atoms with Gasteiger partial charge in [0.15, 0.2) is 5.57 Å². The van der Waals surface area contributed by atoms with E-state index in [1.165, 1.54) is 0 Å². The summed E-state index contributed by atoms with van der Waals surface area (Å²) in [5, 5.41) is 29.7. The Morgan fingerprint density at radius 1 is 1.14 bits per heavy atom. The van der Waals surface area contributed by atoms with Crippen molar-refractivity contribution in [3.05, 3.63) is 41.1 Å². The van der Waals surface area contributed by atoms with E-state index in [-0.39, 0.29) is 23.3 Å². The summed E-state index contributed by atoms with van der Waals surface area (Å²) >= 11 is 0. The van der Waals surface area contributed by atoms with Crippen LogP contribution in [0.25, 0.3) is 0 Å². The monoisotopic (exact) mass is 377 g/mol. The molecule has 0 aromatic heterocycles. The number of carbonyl (C=O) groups is 1. The zero-order valence-corrected chi connectivity index (χ0v) is 16.3. The van der Waals surface area contributed by atoms with E-state index in [2.05, 4.69) is 5.32 Å². The normalized spacial score (nSPS) is 16.1. The number of nitrogens with zero attached hydrogens (tertiary/aromatic N) is 4. The van der Waals surface area contributed by atoms with Crippen LogP contribution in [0.3, 0.4) is 0 Å². The Morgan fingerprint density at radius 2 is 1.79 bits per heavy atom. The maximum atomic E-state index is 12.3. The highest BCUT2D eigenvalue weighted by atomic mass is 16.6. The number of carbonyl (C=O) groups excluding carboxylic acids is 1. The van der Waals surface area contributed by atoms with Crippen LogP contribution in [-0.4, -0.2) is 29.7 Å². The third-order valence-electron chi connectivity index (χ3n) is 4.31. The number of nitriles is 3. The van der Waals surface area contributed by atoms with Gasteiger partial charge in [0.1, 0.15) is 29.5 Å². The average molecular weight is 377 g/mol. The lowest BCUT2D eigenvalue weighted by Gasteiger charge is -2.34. The smallest absolute Gasteiger partial charge is 0.410 e. The minimum Gasteiger partial charge on any atom is -0.444 e. The zero-order chi connectivity index (χ0) is 20.7. The van der Waals surface area contributed by atoms with Crippen molar-refractivity contribution < 1.29 is 9.53 Å². The lowest BCUT2D eigenvalue weighted by molar-refractivity contribution is 0.0198. The summed E-state index contributed by atoms with van der Waals surface area (Å²) in [6.07, 6.45) is 1.58. The zero-order valence-electron chi connectivity index (χ0n) is 16.3. The van der Waals surface area contributed by atoms with E-state index in [0.717, 1.165) is 18.4 Å². The molecule has 7 heteroatoms. The number of ether oxygens (including phenoxy) is 1. The number of likely N-dealkylation sites (tertiary alicyclic amines) is 1. The van der Waals surface area contributed by atoms with E-state index in [1.54, 1.807) is 29.2 Å². The molecule has 1 saturated heterocycles. The van der Waals surface area contributed by atoms with Crippen molar-refractivity contribution in [1.82, 2.24) is 4.90 Å². The molecule has 0 spiro atoms. The summed E-state index contributed by atoms with van der Waals surface area (Å²) in [7, 11) is 0.